The molecule has 1 aromatic carbocycles. The van der Waals surface area contributed by atoms with E-state index in [1.54, 1.807) is 12.1 Å². The van der Waals surface area contributed by atoms with Gasteiger partial charge in [0, 0.05) is 16.7 Å². The van der Waals surface area contributed by atoms with E-state index in [1.165, 1.54) is 11.8 Å². The van der Waals surface area contributed by atoms with Crippen LogP contribution in [-0.4, -0.2) is 16.5 Å². The predicted molar refractivity (Wildman–Crippen MR) is 74.4 cm³/mol. The Morgan fingerprint density at radius 1 is 1.21 bits per heavy atom. The summed E-state index contributed by atoms with van der Waals surface area (Å²) in [5, 5.41) is 8.64. The summed E-state index contributed by atoms with van der Waals surface area (Å²) >= 11 is 1.50. The molecule has 2 rings (SSSR count). The van der Waals surface area contributed by atoms with Crippen LogP contribution in [0.1, 0.15) is 42.6 Å². The lowest BCUT2D eigenvalue weighted by atomic mass is 9.97. The number of thioether (sulfide) groups is 1. The number of rotatable bonds is 4. The number of hydrogen-bond donors (Lipinski definition) is 0. The van der Waals surface area contributed by atoms with Gasteiger partial charge >= 0.3 is 0 Å². The molecule has 0 bridgehead atoms. The van der Waals surface area contributed by atoms with Crippen molar-refractivity contribution in [3.63, 3.8) is 0 Å². The first-order valence-electron chi connectivity index (χ1n) is 6.00. The Balaban J connectivity index is 1.98. The lowest BCUT2D eigenvalue weighted by molar-refractivity contribution is 0.112. The molecule has 1 aromatic heterocycles. The Kier molecular flexibility index (Phi) is 4.04. The highest BCUT2D eigenvalue weighted by atomic mass is 32.2. The fraction of sp³-hybridized carbons (Fsp3) is 0.357. The van der Waals surface area contributed by atoms with Crippen molar-refractivity contribution in [2.24, 2.45) is 0 Å². The number of benzene rings is 1. The van der Waals surface area contributed by atoms with Crippen molar-refractivity contribution in [2.45, 2.75) is 37.2 Å². The van der Waals surface area contributed by atoms with Crippen molar-refractivity contribution in [1.82, 2.24) is 10.2 Å². The Morgan fingerprint density at radius 2 is 1.89 bits per heavy atom. The molecular weight excluding hydrogens is 260 g/mol. The molecule has 0 radical (unpaired) electrons. The molecule has 0 spiro atoms. The summed E-state index contributed by atoms with van der Waals surface area (Å²) in [5.74, 6) is 1.39. The number of carbonyl (C=O) groups is 1. The third-order valence-corrected chi connectivity index (χ3v) is 3.42. The Morgan fingerprint density at radius 3 is 2.42 bits per heavy atom. The van der Waals surface area contributed by atoms with Crippen LogP contribution in [-0.2, 0) is 11.2 Å². The zero-order valence-electron chi connectivity index (χ0n) is 11.2. The second-order valence-corrected chi connectivity index (χ2v) is 6.20. The molecule has 0 saturated carbocycles. The standard InChI is InChI=1S/C14H16N2O2S/c1-14(2,3)12-15-16-13(18-12)19-9-11-6-4-10(8-17)5-7-11/h4-8H,9H2,1-3H3. The molecule has 2 aromatic rings. The first kappa shape index (κ1) is 13.8. The molecule has 0 aliphatic heterocycles. The zero-order valence-corrected chi connectivity index (χ0v) is 12.0. The smallest absolute Gasteiger partial charge is 0.276 e. The fourth-order valence-electron chi connectivity index (χ4n) is 1.41. The Labute approximate surface area is 116 Å². The summed E-state index contributed by atoms with van der Waals surface area (Å²) in [6.07, 6.45) is 0.838. The monoisotopic (exact) mass is 276 g/mol. The zero-order chi connectivity index (χ0) is 13.9. The van der Waals surface area contributed by atoms with E-state index in [-0.39, 0.29) is 5.41 Å². The van der Waals surface area contributed by atoms with Gasteiger partial charge in [0.05, 0.1) is 0 Å². The summed E-state index contributed by atoms with van der Waals surface area (Å²) in [5.41, 5.74) is 1.67. The topological polar surface area (TPSA) is 56.0 Å². The minimum atomic E-state index is -0.128. The van der Waals surface area contributed by atoms with E-state index in [0.717, 1.165) is 17.6 Å². The minimum absolute atomic E-state index is 0.128. The highest BCUT2D eigenvalue weighted by Crippen LogP contribution is 2.26. The van der Waals surface area contributed by atoms with Gasteiger partial charge in [-0.1, -0.05) is 56.8 Å². The van der Waals surface area contributed by atoms with Gasteiger partial charge in [-0.2, -0.15) is 0 Å². The van der Waals surface area contributed by atoms with Crippen molar-refractivity contribution < 1.29 is 9.21 Å². The van der Waals surface area contributed by atoms with Crippen molar-refractivity contribution >= 4 is 18.0 Å². The number of nitrogens with zero attached hydrogens (tertiary/aromatic N) is 2. The van der Waals surface area contributed by atoms with Crippen molar-refractivity contribution in [3.05, 3.63) is 41.3 Å². The summed E-state index contributed by atoms with van der Waals surface area (Å²) < 4.78 is 5.60. The molecule has 0 saturated heterocycles. The van der Waals surface area contributed by atoms with Gasteiger partial charge in [0.2, 0.25) is 5.89 Å². The van der Waals surface area contributed by atoms with Crippen LogP contribution in [0.3, 0.4) is 0 Å². The lowest BCUT2D eigenvalue weighted by Crippen LogP contribution is -2.11. The fourth-order valence-corrected chi connectivity index (χ4v) is 2.13. The molecule has 0 amide bonds. The van der Waals surface area contributed by atoms with E-state index < -0.39 is 0 Å². The van der Waals surface area contributed by atoms with Crippen LogP contribution in [0.25, 0.3) is 0 Å². The molecule has 1 heterocycles. The first-order valence-corrected chi connectivity index (χ1v) is 6.98. The number of aldehydes is 1. The van der Waals surface area contributed by atoms with E-state index in [9.17, 15) is 4.79 Å². The highest BCUT2D eigenvalue weighted by Gasteiger charge is 2.21. The minimum Gasteiger partial charge on any atom is -0.415 e. The van der Waals surface area contributed by atoms with Crippen LogP contribution in [0.15, 0.2) is 33.9 Å². The third-order valence-electron chi connectivity index (χ3n) is 2.53. The molecule has 0 aliphatic carbocycles. The summed E-state index contributed by atoms with van der Waals surface area (Å²) in [4.78, 5) is 10.6. The number of hydrogen-bond acceptors (Lipinski definition) is 5. The molecule has 0 fully saturated rings. The van der Waals surface area contributed by atoms with Gasteiger partial charge in [0.1, 0.15) is 6.29 Å². The largest absolute Gasteiger partial charge is 0.415 e. The molecule has 100 valence electrons. The highest BCUT2D eigenvalue weighted by molar-refractivity contribution is 7.98. The van der Waals surface area contributed by atoms with Gasteiger partial charge in [0.15, 0.2) is 0 Å². The molecule has 0 unspecified atom stereocenters. The van der Waals surface area contributed by atoms with Crippen LogP contribution < -0.4 is 0 Å². The van der Waals surface area contributed by atoms with E-state index in [2.05, 4.69) is 10.2 Å². The summed E-state index contributed by atoms with van der Waals surface area (Å²) in [6.45, 7) is 6.10. The van der Waals surface area contributed by atoms with E-state index in [0.29, 0.717) is 16.7 Å². The maximum absolute atomic E-state index is 10.6. The van der Waals surface area contributed by atoms with E-state index in [4.69, 9.17) is 4.42 Å². The van der Waals surface area contributed by atoms with Gasteiger partial charge in [0.25, 0.3) is 5.22 Å². The molecule has 0 atom stereocenters. The van der Waals surface area contributed by atoms with Gasteiger partial charge in [-0.05, 0) is 5.56 Å². The second kappa shape index (κ2) is 5.57. The maximum Gasteiger partial charge on any atom is 0.276 e. The van der Waals surface area contributed by atoms with E-state index >= 15 is 0 Å². The lowest BCUT2D eigenvalue weighted by Gasteiger charge is -2.10. The average molecular weight is 276 g/mol. The van der Waals surface area contributed by atoms with Gasteiger partial charge in [-0.15, -0.1) is 10.2 Å². The second-order valence-electron chi connectivity index (χ2n) is 5.27. The first-order chi connectivity index (χ1) is 8.99. The van der Waals surface area contributed by atoms with Crippen molar-refractivity contribution in [2.75, 3.05) is 0 Å². The van der Waals surface area contributed by atoms with Crippen molar-refractivity contribution in [1.29, 1.82) is 0 Å². The summed E-state index contributed by atoms with van der Waals surface area (Å²) in [7, 11) is 0. The van der Waals surface area contributed by atoms with Gasteiger partial charge in [-0.3, -0.25) is 4.79 Å². The van der Waals surface area contributed by atoms with Crippen LogP contribution in [0.2, 0.25) is 0 Å². The maximum atomic E-state index is 10.6. The number of carbonyl (C=O) groups excluding carboxylic acids is 1. The van der Waals surface area contributed by atoms with Gasteiger partial charge < -0.3 is 4.42 Å². The Hall–Kier alpha value is -1.62. The van der Waals surface area contributed by atoms with Crippen molar-refractivity contribution in [3.8, 4) is 0 Å². The molecule has 19 heavy (non-hydrogen) atoms. The number of aromatic nitrogens is 2. The molecular formula is C14H16N2O2S. The van der Waals surface area contributed by atoms with Crippen LogP contribution in [0.4, 0.5) is 0 Å². The summed E-state index contributed by atoms with van der Waals surface area (Å²) in [6, 6.07) is 7.46. The van der Waals surface area contributed by atoms with Crippen LogP contribution in [0.5, 0.6) is 0 Å². The third kappa shape index (κ3) is 3.67. The normalized spacial score (nSPS) is 11.5. The predicted octanol–water partition coefficient (Wildman–Crippen LogP) is 3.47. The molecule has 0 N–H and O–H groups in total. The van der Waals surface area contributed by atoms with Gasteiger partial charge in [-0.25, -0.2) is 0 Å². The average Bonchev–Trinajstić information content (AvgIpc) is 2.86. The van der Waals surface area contributed by atoms with Crippen LogP contribution in [0, 0.1) is 0 Å². The quantitative estimate of drug-likeness (QED) is 0.632. The van der Waals surface area contributed by atoms with E-state index in [1.807, 2.05) is 32.9 Å². The molecule has 4 nitrogen and oxygen atoms in total. The SMILES string of the molecule is CC(C)(C)c1nnc(SCc2ccc(C=O)cc2)o1. The Bertz CT molecular complexity index is 556. The molecule has 5 heteroatoms. The molecule has 0 aliphatic rings. The van der Waals surface area contributed by atoms with Crippen LogP contribution >= 0.6 is 11.8 Å².